The lowest BCUT2D eigenvalue weighted by molar-refractivity contribution is -0.136. The van der Waals surface area contributed by atoms with Crippen molar-refractivity contribution in [2.45, 2.75) is 19.8 Å². The molecular weight excluding hydrogens is 416 g/mol. The van der Waals surface area contributed by atoms with Gasteiger partial charge in [0, 0.05) is 26.2 Å². The third-order valence-corrected chi connectivity index (χ3v) is 6.13. The van der Waals surface area contributed by atoms with Crippen LogP contribution in [0.25, 0.3) is 0 Å². The Labute approximate surface area is 187 Å². The summed E-state index contributed by atoms with van der Waals surface area (Å²) < 4.78 is 11.4. The molecular formula is C24H27ClN2O4. The first-order chi connectivity index (χ1) is 15.1. The molecule has 6 nitrogen and oxygen atoms in total. The number of hydrogen-bond donors (Lipinski definition) is 0. The number of carbonyl (C=O) groups excluding carboxylic acids is 2. The third-order valence-electron chi connectivity index (χ3n) is 5.80. The summed E-state index contributed by atoms with van der Waals surface area (Å²) in [7, 11) is 0. The van der Waals surface area contributed by atoms with E-state index in [4.69, 9.17) is 21.1 Å². The fourth-order valence-corrected chi connectivity index (χ4v) is 4.41. The standard InChI is InChI=1S/C24H27ClN2O4/c1-2-30-19-8-9-22-17(15-19)14-18(16-31-22)23(28)26-10-5-11-27(13-12-26)24(29)20-6-3-4-7-21(20)25/h3-4,6-9,15,18H,2,5,10-14,16H2,1H3. The van der Waals surface area contributed by atoms with E-state index in [1.54, 1.807) is 17.0 Å². The first-order valence-corrected chi connectivity index (χ1v) is 11.2. The predicted octanol–water partition coefficient (Wildman–Crippen LogP) is 3.66. The fourth-order valence-electron chi connectivity index (χ4n) is 4.19. The van der Waals surface area contributed by atoms with Crippen LogP contribution in [0.2, 0.25) is 5.02 Å². The van der Waals surface area contributed by atoms with Crippen LogP contribution >= 0.6 is 11.6 Å². The fraction of sp³-hybridized carbons (Fsp3) is 0.417. The molecule has 1 atom stereocenters. The van der Waals surface area contributed by atoms with Crippen LogP contribution in [0.3, 0.4) is 0 Å². The summed E-state index contributed by atoms with van der Waals surface area (Å²) in [5.74, 6) is 1.38. The van der Waals surface area contributed by atoms with Crippen LogP contribution in [0.4, 0.5) is 0 Å². The summed E-state index contributed by atoms with van der Waals surface area (Å²) in [6.07, 6.45) is 1.37. The second-order valence-electron chi connectivity index (χ2n) is 7.87. The first-order valence-electron chi connectivity index (χ1n) is 10.8. The largest absolute Gasteiger partial charge is 0.494 e. The molecule has 31 heavy (non-hydrogen) atoms. The zero-order valence-corrected chi connectivity index (χ0v) is 18.4. The smallest absolute Gasteiger partial charge is 0.255 e. The van der Waals surface area contributed by atoms with Gasteiger partial charge in [-0.1, -0.05) is 23.7 Å². The Morgan fingerprint density at radius 3 is 2.68 bits per heavy atom. The van der Waals surface area contributed by atoms with Gasteiger partial charge in [-0.05, 0) is 55.7 Å². The van der Waals surface area contributed by atoms with Gasteiger partial charge in [0.25, 0.3) is 5.91 Å². The lowest BCUT2D eigenvalue weighted by atomic mass is 9.95. The average molecular weight is 443 g/mol. The van der Waals surface area contributed by atoms with Crippen molar-refractivity contribution in [2.24, 2.45) is 5.92 Å². The van der Waals surface area contributed by atoms with E-state index in [2.05, 4.69) is 0 Å². The van der Waals surface area contributed by atoms with Crippen molar-refractivity contribution >= 4 is 23.4 Å². The summed E-state index contributed by atoms with van der Waals surface area (Å²) in [6.45, 7) is 5.16. The first kappa shape index (κ1) is 21.5. The number of carbonyl (C=O) groups is 2. The molecule has 2 aromatic rings. The highest BCUT2D eigenvalue weighted by Crippen LogP contribution is 2.31. The van der Waals surface area contributed by atoms with Crippen LogP contribution in [0.1, 0.15) is 29.3 Å². The number of amides is 2. The molecule has 0 aliphatic carbocycles. The highest BCUT2D eigenvalue weighted by Gasteiger charge is 2.31. The molecule has 4 rings (SSSR count). The predicted molar refractivity (Wildman–Crippen MR) is 119 cm³/mol. The molecule has 2 aromatic carbocycles. The maximum absolute atomic E-state index is 13.2. The van der Waals surface area contributed by atoms with Crippen molar-refractivity contribution in [1.82, 2.24) is 9.80 Å². The van der Waals surface area contributed by atoms with E-state index >= 15 is 0 Å². The Hall–Kier alpha value is -2.73. The van der Waals surface area contributed by atoms with Crippen LogP contribution < -0.4 is 9.47 Å². The SMILES string of the molecule is CCOc1ccc2c(c1)CC(C(=O)N1CCCN(C(=O)c3ccccc3Cl)CC1)CO2. The molecule has 7 heteroatoms. The van der Waals surface area contributed by atoms with Gasteiger partial charge in [-0.2, -0.15) is 0 Å². The average Bonchev–Trinajstić information content (AvgIpc) is 3.04. The van der Waals surface area contributed by atoms with Crippen molar-refractivity contribution in [3.63, 3.8) is 0 Å². The molecule has 2 aliphatic rings. The normalized spacial score (nSPS) is 18.6. The van der Waals surface area contributed by atoms with Crippen LogP contribution in [0.15, 0.2) is 42.5 Å². The highest BCUT2D eigenvalue weighted by atomic mass is 35.5. The molecule has 2 amide bonds. The van der Waals surface area contributed by atoms with Gasteiger partial charge in [-0.15, -0.1) is 0 Å². The van der Waals surface area contributed by atoms with Gasteiger partial charge in [0.2, 0.25) is 5.91 Å². The van der Waals surface area contributed by atoms with Gasteiger partial charge < -0.3 is 19.3 Å². The van der Waals surface area contributed by atoms with Crippen LogP contribution in [0.5, 0.6) is 11.5 Å². The Balaban J connectivity index is 1.39. The van der Waals surface area contributed by atoms with Crippen molar-refractivity contribution in [3.8, 4) is 11.5 Å². The molecule has 0 aromatic heterocycles. The minimum absolute atomic E-state index is 0.0829. The highest BCUT2D eigenvalue weighted by molar-refractivity contribution is 6.33. The van der Waals surface area contributed by atoms with Crippen LogP contribution in [0, 0.1) is 5.92 Å². The number of ether oxygens (including phenoxy) is 2. The molecule has 2 heterocycles. The number of rotatable bonds is 4. The second kappa shape index (κ2) is 9.60. The third kappa shape index (κ3) is 4.79. The molecule has 0 spiro atoms. The number of nitrogens with zero attached hydrogens (tertiary/aromatic N) is 2. The van der Waals surface area contributed by atoms with E-state index in [0.717, 1.165) is 23.5 Å². The lowest BCUT2D eigenvalue weighted by Crippen LogP contribution is -2.43. The molecule has 0 N–H and O–H groups in total. The maximum Gasteiger partial charge on any atom is 0.255 e. The van der Waals surface area contributed by atoms with E-state index < -0.39 is 0 Å². The molecule has 0 bridgehead atoms. The van der Waals surface area contributed by atoms with E-state index in [9.17, 15) is 9.59 Å². The number of hydrogen-bond acceptors (Lipinski definition) is 4. The number of benzene rings is 2. The summed E-state index contributed by atoms with van der Waals surface area (Å²) in [6, 6.07) is 12.8. The van der Waals surface area contributed by atoms with Crippen LogP contribution in [-0.2, 0) is 11.2 Å². The molecule has 1 saturated heterocycles. The van der Waals surface area contributed by atoms with Crippen molar-refractivity contribution in [2.75, 3.05) is 39.4 Å². The second-order valence-corrected chi connectivity index (χ2v) is 8.27. The zero-order chi connectivity index (χ0) is 21.8. The maximum atomic E-state index is 13.2. The minimum Gasteiger partial charge on any atom is -0.494 e. The van der Waals surface area contributed by atoms with Crippen molar-refractivity contribution < 1.29 is 19.1 Å². The summed E-state index contributed by atoms with van der Waals surface area (Å²) in [5.41, 5.74) is 1.51. The summed E-state index contributed by atoms with van der Waals surface area (Å²) >= 11 is 6.20. The summed E-state index contributed by atoms with van der Waals surface area (Å²) in [4.78, 5) is 29.8. The van der Waals surface area contributed by atoms with Gasteiger partial charge in [-0.3, -0.25) is 9.59 Å². The van der Waals surface area contributed by atoms with Gasteiger partial charge in [0.1, 0.15) is 18.1 Å². The number of halogens is 1. The molecule has 2 aliphatic heterocycles. The van der Waals surface area contributed by atoms with E-state index in [1.165, 1.54) is 0 Å². The Morgan fingerprint density at radius 1 is 1.10 bits per heavy atom. The molecule has 1 fully saturated rings. The minimum atomic E-state index is -0.227. The topological polar surface area (TPSA) is 59.1 Å². The van der Waals surface area contributed by atoms with Gasteiger partial charge in [-0.25, -0.2) is 0 Å². The van der Waals surface area contributed by atoms with Crippen LogP contribution in [-0.4, -0.2) is 61.0 Å². The Bertz CT molecular complexity index is 964. The lowest BCUT2D eigenvalue weighted by Gasteiger charge is -2.30. The van der Waals surface area contributed by atoms with Gasteiger partial charge in [0.05, 0.1) is 23.1 Å². The molecule has 164 valence electrons. The molecule has 0 saturated carbocycles. The van der Waals surface area contributed by atoms with Crippen molar-refractivity contribution in [1.29, 1.82) is 0 Å². The zero-order valence-electron chi connectivity index (χ0n) is 17.7. The van der Waals surface area contributed by atoms with Gasteiger partial charge in [0.15, 0.2) is 0 Å². The molecule has 0 radical (unpaired) electrons. The molecule has 1 unspecified atom stereocenters. The van der Waals surface area contributed by atoms with E-state index in [-0.39, 0.29) is 17.7 Å². The van der Waals surface area contributed by atoms with Crippen molar-refractivity contribution in [3.05, 3.63) is 58.6 Å². The summed E-state index contributed by atoms with van der Waals surface area (Å²) in [5, 5.41) is 0.453. The van der Waals surface area contributed by atoms with Gasteiger partial charge >= 0.3 is 0 Å². The number of fused-ring (bicyclic) bond motifs is 1. The quantitative estimate of drug-likeness (QED) is 0.725. The van der Waals surface area contributed by atoms with E-state index in [0.29, 0.717) is 56.4 Å². The Morgan fingerprint density at radius 2 is 1.87 bits per heavy atom. The van der Waals surface area contributed by atoms with E-state index in [1.807, 2.05) is 42.2 Å². The monoisotopic (exact) mass is 442 g/mol. The Kier molecular flexibility index (Phi) is 6.66.